The predicted molar refractivity (Wildman–Crippen MR) is 124 cm³/mol. The first-order chi connectivity index (χ1) is 15.4. The number of carbonyl (C=O) groups is 2. The second kappa shape index (κ2) is 10.5. The van der Waals surface area contributed by atoms with Crippen LogP contribution in [0.4, 0.5) is 5.69 Å². The van der Waals surface area contributed by atoms with Crippen LogP contribution >= 0.6 is 0 Å². The highest BCUT2D eigenvalue weighted by Gasteiger charge is 2.30. The summed E-state index contributed by atoms with van der Waals surface area (Å²) < 4.78 is 16.2. The van der Waals surface area contributed by atoms with Crippen LogP contribution in [0.25, 0.3) is 0 Å². The van der Waals surface area contributed by atoms with Crippen LogP contribution in [0.15, 0.2) is 47.8 Å². The van der Waals surface area contributed by atoms with Gasteiger partial charge in [0, 0.05) is 6.20 Å². The van der Waals surface area contributed by atoms with Gasteiger partial charge >= 0.3 is 11.9 Å². The Morgan fingerprint density at radius 1 is 1.06 bits per heavy atom. The molecule has 7 heteroatoms. The van der Waals surface area contributed by atoms with Gasteiger partial charge in [-0.3, -0.25) is 0 Å². The number of ether oxygens (including phenoxy) is 3. The lowest BCUT2D eigenvalue weighted by atomic mass is 9.87. The van der Waals surface area contributed by atoms with E-state index >= 15 is 0 Å². The SMILES string of the molecule is COC(=O)C1=C(C(=O)OC)N(c2cc(C)c(C3CCNCC3)cc2OC(C)C)C=CC=C1. The van der Waals surface area contributed by atoms with E-state index in [2.05, 4.69) is 18.3 Å². The minimum Gasteiger partial charge on any atom is -0.489 e. The number of rotatable bonds is 6. The van der Waals surface area contributed by atoms with Crippen molar-refractivity contribution in [2.45, 2.75) is 45.6 Å². The molecule has 0 aliphatic carbocycles. The summed E-state index contributed by atoms with van der Waals surface area (Å²) in [5.74, 6) is -0.166. The highest BCUT2D eigenvalue weighted by molar-refractivity contribution is 6.05. The van der Waals surface area contributed by atoms with E-state index in [1.807, 2.05) is 19.9 Å². The summed E-state index contributed by atoms with van der Waals surface area (Å²) in [6.45, 7) is 7.98. The molecule has 1 aromatic rings. The molecule has 0 amide bonds. The van der Waals surface area contributed by atoms with E-state index in [0.717, 1.165) is 31.5 Å². The van der Waals surface area contributed by atoms with Crippen molar-refractivity contribution < 1.29 is 23.8 Å². The summed E-state index contributed by atoms with van der Waals surface area (Å²) in [4.78, 5) is 27.0. The van der Waals surface area contributed by atoms with Gasteiger partial charge in [0.05, 0.1) is 31.6 Å². The van der Waals surface area contributed by atoms with Gasteiger partial charge < -0.3 is 24.4 Å². The van der Waals surface area contributed by atoms with E-state index in [9.17, 15) is 9.59 Å². The van der Waals surface area contributed by atoms with E-state index in [4.69, 9.17) is 14.2 Å². The molecular formula is C25H32N2O5. The van der Waals surface area contributed by atoms with Crippen molar-refractivity contribution in [3.8, 4) is 5.75 Å². The number of aryl methyl sites for hydroxylation is 1. The molecular weight excluding hydrogens is 408 g/mol. The number of allylic oxidation sites excluding steroid dienone is 2. The number of benzene rings is 1. The lowest BCUT2D eigenvalue weighted by molar-refractivity contribution is -0.139. The van der Waals surface area contributed by atoms with E-state index in [0.29, 0.717) is 17.4 Å². The Bertz CT molecular complexity index is 955. The number of esters is 2. The van der Waals surface area contributed by atoms with E-state index < -0.39 is 11.9 Å². The molecule has 0 saturated carbocycles. The van der Waals surface area contributed by atoms with Crippen LogP contribution in [0.3, 0.4) is 0 Å². The minimum absolute atomic E-state index is 0.0722. The van der Waals surface area contributed by atoms with Crippen molar-refractivity contribution in [1.29, 1.82) is 0 Å². The van der Waals surface area contributed by atoms with Crippen molar-refractivity contribution in [3.63, 3.8) is 0 Å². The number of piperidine rings is 1. The highest BCUT2D eigenvalue weighted by atomic mass is 16.5. The normalized spacial score (nSPS) is 16.9. The Morgan fingerprint density at radius 3 is 2.38 bits per heavy atom. The largest absolute Gasteiger partial charge is 0.489 e. The molecule has 32 heavy (non-hydrogen) atoms. The molecule has 2 aliphatic heterocycles. The van der Waals surface area contributed by atoms with Gasteiger partial charge in [0.25, 0.3) is 0 Å². The quantitative estimate of drug-likeness (QED) is 0.675. The smallest absolute Gasteiger partial charge is 0.355 e. The maximum absolute atomic E-state index is 12.8. The summed E-state index contributed by atoms with van der Waals surface area (Å²) in [6.07, 6.45) is 8.78. The number of methoxy groups -OCH3 is 2. The average Bonchev–Trinajstić information content (AvgIpc) is 3.02. The first kappa shape index (κ1) is 23.6. The van der Waals surface area contributed by atoms with Crippen LogP contribution in [0.1, 0.15) is 43.7 Å². The first-order valence-electron chi connectivity index (χ1n) is 10.9. The Labute approximate surface area is 189 Å². The third-order valence-corrected chi connectivity index (χ3v) is 5.64. The number of anilines is 1. The summed E-state index contributed by atoms with van der Waals surface area (Å²) >= 11 is 0. The first-order valence-corrected chi connectivity index (χ1v) is 10.9. The molecule has 1 aromatic carbocycles. The molecule has 2 aliphatic rings. The second-order valence-electron chi connectivity index (χ2n) is 8.18. The molecule has 1 fully saturated rings. The molecule has 172 valence electrons. The number of nitrogens with zero attached hydrogens (tertiary/aromatic N) is 1. The third-order valence-electron chi connectivity index (χ3n) is 5.64. The van der Waals surface area contributed by atoms with Gasteiger partial charge in [-0.1, -0.05) is 6.08 Å². The molecule has 0 unspecified atom stereocenters. The van der Waals surface area contributed by atoms with Crippen molar-refractivity contribution >= 4 is 17.6 Å². The van der Waals surface area contributed by atoms with Crippen LogP contribution in [-0.4, -0.2) is 45.4 Å². The molecule has 0 spiro atoms. The highest BCUT2D eigenvalue weighted by Crippen LogP contribution is 2.40. The molecule has 3 rings (SSSR count). The van der Waals surface area contributed by atoms with Gasteiger partial charge in [0.1, 0.15) is 11.4 Å². The summed E-state index contributed by atoms with van der Waals surface area (Å²) in [5, 5.41) is 3.41. The molecule has 1 N–H and O–H groups in total. The number of carbonyl (C=O) groups excluding carboxylic acids is 2. The zero-order valence-corrected chi connectivity index (χ0v) is 19.4. The third kappa shape index (κ3) is 5.05. The minimum atomic E-state index is -0.641. The molecule has 0 atom stereocenters. The van der Waals surface area contributed by atoms with Crippen molar-refractivity contribution in [1.82, 2.24) is 5.32 Å². The topological polar surface area (TPSA) is 77.1 Å². The Morgan fingerprint density at radius 2 is 1.75 bits per heavy atom. The Balaban J connectivity index is 2.19. The molecule has 1 saturated heterocycles. The van der Waals surface area contributed by atoms with Gasteiger partial charge in [-0.05, 0) is 88.0 Å². The van der Waals surface area contributed by atoms with Crippen LogP contribution in [0.2, 0.25) is 0 Å². The molecule has 0 bridgehead atoms. The monoisotopic (exact) mass is 440 g/mol. The van der Waals surface area contributed by atoms with Gasteiger partial charge in [0.15, 0.2) is 0 Å². The van der Waals surface area contributed by atoms with Crippen LogP contribution < -0.4 is 15.0 Å². The summed E-state index contributed by atoms with van der Waals surface area (Å²) in [5.41, 5.74) is 3.21. The lowest BCUT2D eigenvalue weighted by Crippen LogP contribution is -2.28. The lowest BCUT2D eigenvalue weighted by Gasteiger charge is -2.29. The maximum atomic E-state index is 12.8. The van der Waals surface area contributed by atoms with Gasteiger partial charge in [-0.15, -0.1) is 0 Å². The van der Waals surface area contributed by atoms with Crippen LogP contribution in [-0.2, 0) is 19.1 Å². The van der Waals surface area contributed by atoms with E-state index in [1.165, 1.54) is 19.8 Å². The van der Waals surface area contributed by atoms with Gasteiger partial charge in [-0.25, -0.2) is 9.59 Å². The van der Waals surface area contributed by atoms with E-state index in [1.54, 1.807) is 29.3 Å². The standard InChI is InChI=1S/C25H32N2O5/c1-16(2)32-22-15-20(18-9-11-26-12-10-18)17(3)14-21(22)27-13-7-6-8-19(24(28)30-4)23(27)25(29)31-5/h6-8,13-16,18,26H,9-12H2,1-5H3. The van der Waals surface area contributed by atoms with Crippen molar-refractivity contribution in [3.05, 3.63) is 59.0 Å². The number of hydrogen-bond donors (Lipinski definition) is 1. The average molecular weight is 441 g/mol. The maximum Gasteiger partial charge on any atom is 0.355 e. The van der Waals surface area contributed by atoms with Gasteiger partial charge in [0.2, 0.25) is 0 Å². The fourth-order valence-electron chi connectivity index (χ4n) is 4.15. The second-order valence-corrected chi connectivity index (χ2v) is 8.18. The fraction of sp³-hybridized carbons (Fsp3) is 0.440. The molecule has 0 radical (unpaired) electrons. The summed E-state index contributed by atoms with van der Waals surface area (Å²) in [6, 6.07) is 4.10. The van der Waals surface area contributed by atoms with Crippen LogP contribution in [0.5, 0.6) is 5.75 Å². The molecule has 7 nitrogen and oxygen atoms in total. The Hall–Kier alpha value is -3.06. The fourth-order valence-corrected chi connectivity index (χ4v) is 4.15. The summed E-state index contributed by atoms with van der Waals surface area (Å²) in [7, 11) is 2.57. The predicted octanol–water partition coefficient (Wildman–Crippen LogP) is 3.74. The number of hydrogen-bond acceptors (Lipinski definition) is 7. The Kier molecular flexibility index (Phi) is 7.75. The van der Waals surface area contributed by atoms with E-state index in [-0.39, 0.29) is 17.4 Å². The zero-order valence-electron chi connectivity index (χ0n) is 19.4. The van der Waals surface area contributed by atoms with Crippen LogP contribution in [0, 0.1) is 6.92 Å². The zero-order chi connectivity index (χ0) is 23.3. The molecule has 0 aromatic heterocycles. The number of nitrogens with one attached hydrogen (secondary N) is 1. The van der Waals surface area contributed by atoms with Crippen molar-refractivity contribution in [2.75, 3.05) is 32.2 Å². The van der Waals surface area contributed by atoms with Gasteiger partial charge in [-0.2, -0.15) is 0 Å². The molecule has 2 heterocycles. The van der Waals surface area contributed by atoms with Crippen molar-refractivity contribution in [2.24, 2.45) is 0 Å².